The minimum absolute atomic E-state index is 0.115. The van der Waals surface area contributed by atoms with Gasteiger partial charge >= 0.3 is 0 Å². The maximum absolute atomic E-state index is 11.8. The Morgan fingerprint density at radius 3 is 3.06 bits per heavy atom. The molecule has 0 atom stereocenters. The van der Waals surface area contributed by atoms with Gasteiger partial charge in [-0.1, -0.05) is 0 Å². The number of amides is 1. The lowest BCUT2D eigenvalue weighted by Gasteiger charge is -2.07. The predicted molar refractivity (Wildman–Crippen MR) is 64.9 cm³/mol. The minimum Gasteiger partial charge on any atom is -0.325 e. The van der Waals surface area contributed by atoms with E-state index < -0.39 is 0 Å². The molecule has 18 heavy (non-hydrogen) atoms. The fraction of sp³-hybridized carbons (Fsp3) is 0.333. The summed E-state index contributed by atoms with van der Waals surface area (Å²) in [5.41, 5.74) is 0. The second-order valence-corrected chi connectivity index (χ2v) is 4.34. The first-order chi connectivity index (χ1) is 8.83. The molecule has 1 amide bonds. The molecule has 6 nitrogen and oxygen atoms in total. The van der Waals surface area contributed by atoms with Gasteiger partial charge in [0, 0.05) is 24.5 Å². The molecule has 6 heteroatoms. The van der Waals surface area contributed by atoms with Crippen LogP contribution in [0.5, 0.6) is 0 Å². The monoisotopic (exact) mass is 243 g/mol. The van der Waals surface area contributed by atoms with Gasteiger partial charge in [-0.05, 0) is 25.0 Å². The molecule has 0 unspecified atom stereocenters. The molecule has 0 radical (unpaired) electrons. The van der Waals surface area contributed by atoms with Crippen LogP contribution in [0.3, 0.4) is 0 Å². The molecule has 2 heterocycles. The summed E-state index contributed by atoms with van der Waals surface area (Å²) in [6.07, 6.45) is 7.48. The highest BCUT2D eigenvalue weighted by Crippen LogP contribution is 2.38. The number of hydrogen-bond acceptors (Lipinski definition) is 4. The molecule has 1 N–H and O–H groups in total. The van der Waals surface area contributed by atoms with Gasteiger partial charge in [-0.2, -0.15) is 5.10 Å². The second kappa shape index (κ2) is 4.56. The molecular formula is C12H13N5O. The van der Waals surface area contributed by atoms with E-state index in [-0.39, 0.29) is 12.5 Å². The zero-order valence-electron chi connectivity index (χ0n) is 9.78. The number of nitrogens with one attached hydrogen (secondary N) is 1. The van der Waals surface area contributed by atoms with Crippen LogP contribution in [0.4, 0.5) is 5.82 Å². The molecule has 0 saturated heterocycles. The summed E-state index contributed by atoms with van der Waals surface area (Å²) in [4.78, 5) is 16.1. The maximum atomic E-state index is 11.8. The fourth-order valence-electron chi connectivity index (χ4n) is 1.86. The topological polar surface area (TPSA) is 72.7 Å². The standard InChI is InChI=1S/C12H13N5O/c18-11(15-10-2-1-5-14-16-10)8-17-7-6-13-12(17)9-3-4-9/h1-2,5-7,9H,3-4,8H2,(H,15,16,18). The Labute approximate surface area is 104 Å². The lowest BCUT2D eigenvalue weighted by Crippen LogP contribution is -2.20. The minimum atomic E-state index is -0.115. The van der Waals surface area contributed by atoms with Crippen molar-refractivity contribution in [3.63, 3.8) is 0 Å². The van der Waals surface area contributed by atoms with Crippen molar-refractivity contribution in [3.05, 3.63) is 36.5 Å². The molecular weight excluding hydrogens is 230 g/mol. The van der Waals surface area contributed by atoms with Crippen LogP contribution in [0.1, 0.15) is 24.6 Å². The van der Waals surface area contributed by atoms with Crippen molar-refractivity contribution in [2.75, 3.05) is 5.32 Å². The Morgan fingerprint density at radius 1 is 1.44 bits per heavy atom. The summed E-state index contributed by atoms with van der Waals surface area (Å²) in [5.74, 6) is 1.89. The van der Waals surface area contributed by atoms with Crippen LogP contribution >= 0.6 is 0 Å². The average molecular weight is 243 g/mol. The molecule has 1 saturated carbocycles. The van der Waals surface area contributed by atoms with Crippen molar-refractivity contribution in [3.8, 4) is 0 Å². The number of carbonyl (C=O) groups is 1. The Kier molecular flexibility index (Phi) is 2.76. The lowest BCUT2D eigenvalue weighted by atomic mass is 10.4. The van der Waals surface area contributed by atoms with Crippen LogP contribution in [0, 0.1) is 0 Å². The number of carbonyl (C=O) groups excluding carboxylic acids is 1. The summed E-state index contributed by atoms with van der Waals surface area (Å²) >= 11 is 0. The van der Waals surface area contributed by atoms with E-state index in [2.05, 4.69) is 20.5 Å². The molecule has 2 aromatic heterocycles. The summed E-state index contributed by atoms with van der Waals surface area (Å²) in [6.45, 7) is 0.266. The normalized spacial score (nSPS) is 14.4. The number of rotatable bonds is 4. The average Bonchev–Trinajstić information content (AvgIpc) is 3.12. The Balaban J connectivity index is 1.65. The zero-order valence-corrected chi connectivity index (χ0v) is 9.78. The summed E-state index contributed by atoms with van der Waals surface area (Å²) in [6, 6.07) is 3.44. The molecule has 1 aliphatic rings. The maximum Gasteiger partial charge on any atom is 0.245 e. The fourth-order valence-corrected chi connectivity index (χ4v) is 1.86. The highest BCUT2D eigenvalue weighted by molar-refractivity contribution is 5.89. The highest BCUT2D eigenvalue weighted by Gasteiger charge is 2.28. The van der Waals surface area contributed by atoms with E-state index in [0.717, 1.165) is 5.82 Å². The highest BCUT2D eigenvalue weighted by atomic mass is 16.2. The molecule has 1 aliphatic carbocycles. The smallest absolute Gasteiger partial charge is 0.245 e. The van der Waals surface area contributed by atoms with E-state index in [0.29, 0.717) is 11.7 Å². The van der Waals surface area contributed by atoms with E-state index >= 15 is 0 Å². The van der Waals surface area contributed by atoms with Crippen molar-refractivity contribution < 1.29 is 4.79 Å². The zero-order chi connectivity index (χ0) is 12.4. The first-order valence-corrected chi connectivity index (χ1v) is 5.91. The van der Waals surface area contributed by atoms with Crippen molar-refractivity contribution >= 4 is 11.7 Å². The SMILES string of the molecule is O=C(Cn1ccnc1C1CC1)Nc1cccnn1. The first-order valence-electron chi connectivity index (χ1n) is 5.91. The third kappa shape index (κ3) is 2.37. The number of anilines is 1. The molecule has 0 aliphatic heterocycles. The lowest BCUT2D eigenvalue weighted by molar-refractivity contribution is -0.116. The van der Waals surface area contributed by atoms with Crippen LogP contribution in [-0.2, 0) is 11.3 Å². The van der Waals surface area contributed by atoms with Gasteiger partial charge in [-0.15, -0.1) is 5.10 Å². The Morgan fingerprint density at radius 2 is 2.33 bits per heavy atom. The largest absolute Gasteiger partial charge is 0.325 e. The van der Waals surface area contributed by atoms with Crippen LogP contribution in [0.25, 0.3) is 0 Å². The van der Waals surface area contributed by atoms with E-state index in [1.165, 1.54) is 12.8 Å². The first kappa shape index (κ1) is 10.9. The number of aromatic nitrogens is 4. The van der Waals surface area contributed by atoms with Crippen molar-refractivity contribution in [2.45, 2.75) is 25.3 Å². The van der Waals surface area contributed by atoms with Gasteiger partial charge in [-0.3, -0.25) is 4.79 Å². The Hall–Kier alpha value is -2.24. The molecule has 92 valence electrons. The number of nitrogens with zero attached hydrogens (tertiary/aromatic N) is 4. The quantitative estimate of drug-likeness (QED) is 0.875. The van der Waals surface area contributed by atoms with Gasteiger partial charge in [0.15, 0.2) is 5.82 Å². The molecule has 0 aromatic carbocycles. The van der Waals surface area contributed by atoms with Crippen LogP contribution in [0.2, 0.25) is 0 Å². The van der Waals surface area contributed by atoms with Gasteiger partial charge in [0.05, 0.1) is 0 Å². The van der Waals surface area contributed by atoms with Crippen molar-refractivity contribution in [2.24, 2.45) is 0 Å². The van der Waals surface area contributed by atoms with Crippen molar-refractivity contribution in [1.82, 2.24) is 19.7 Å². The van der Waals surface area contributed by atoms with Crippen LogP contribution in [-0.4, -0.2) is 25.7 Å². The van der Waals surface area contributed by atoms with Gasteiger partial charge < -0.3 is 9.88 Å². The third-order valence-electron chi connectivity index (χ3n) is 2.84. The van der Waals surface area contributed by atoms with Gasteiger partial charge in [-0.25, -0.2) is 4.98 Å². The van der Waals surface area contributed by atoms with Crippen LogP contribution in [0.15, 0.2) is 30.7 Å². The third-order valence-corrected chi connectivity index (χ3v) is 2.84. The van der Waals surface area contributed by atoms with E-state index in [4.69, 9.17) is 0 Å². The van der Waals surface area contributed by atoms with Gasteiger partial charge in [0.1, 0.15) is 12.4 Å². The summed E-state index contributed by atoms with van der Waals surface area (Å²) < 4.78 is 1.89. The van der Waals surface area contributed by atoms with Gasteiger partial charge in [0.2, 0.25) is 5.91 Å². The van der Waals surface area contributed by atoms with Crippen molar-refractivity contribution in [1.29, 1.82) is 0 Å². The van der Waals surface area contributed by atoms with E-state index in [1.807, 2.05) is 10.8 Å². The molecule has 1 fully saturated rings. The van der Waals surface area contributed by atoms with E-state index in [1.54, 1.807) is 24.5 Å². The molecule has 0 bridgehead atoms. The predicted octanol–water partition coefficient (Wildman–Crippen LogP) is 1.19. The van der Waals surface area contributed by atoms with E-state index in [9.17, 15) is 4.79 Å². The van der Waals surface area contributed by atoms with Crippen LogP contribution < -0.4 is 5.32 Å². The number of hydrogen-bond donors (Lipinski definition) is 1. The number of imidazole rings is 1. The van der Waals surface area contributed by atoms with Gasteiger partial charge in [0.25, 0.3) is 0 Å². The molecule has 2 aromatic rings. The molecule has 3 rings (SSSR count). The summed E-state index contributed by atoms with van der Waals surface area (Å²) in [7, 11) is 0. The Bertz CT molecular complexity index is 547. The second-order valence-electron chi connectivity index (χ2n) is 4.34. The summed E-state index contributed by atoms with van der Waals surface area (Å²) in [5, 5.41) is 10.2. The molecule has 0 spiro atoms.